The molecular formula is C48H65ClN8O7. The Morgan fingerprint density at radius 3 is 1.69 bits per heavy atom. The summed E-state index contributed by atoms with van der Waals surface area (Å²) in [5.74, 6) is 1.26. The molecule has 4 aliphatic rings. The normalized spacial score (nSPS) is 24.0. The first-order valence-electron chi connectivity index (χ1n) is 22.3. The molecule has 15 nitrogen and oxygen atoms in total. The molecule has 0 unspecified atom stereocenters. The van der Waals surface area contributed by atoms with E-state index < -0.39 is 22.4 Å². The van der Waals surface area contributed by atoms with Gasteiger partial charge in [-0.25, -0.2) is 29.5 Å². The maximum absolute atomic E-state index is 13.3. The average molecular weight is 902 g/mol. The summed E-state index contributed by atoms with van der Waals surface area (Å²) in [4.78, 5) is 48.1. The monoisotopic (exact) mass is 900 g/mol. The van der Waals surface area contributed by atoms with Gasteiger partial charge in [0.05, 0.1) is 36.7 Å². The summed E-state index contributed by atoms with van der Waals surface area (Å²) < 4.78 is 17.3. The number of hydrogen-bond donors (Lipinski definition) is 3. The number of benzene rings is 2. The number of methoxy groups -OCH3 is 1. The first kappa shape index (κ1) is 48.4. The third-order valence-corrected chi connectivity index (χ3v) is 12.2. The first-order valence-corrected chi connectivity index (χ1v) is 22.7. The lowest BCUT2D eigenvalue weighted by atomic mass is 9.80. The Kier molecular flexibility index (Phi) is 16.1. The van der Waals surface area contributed by atoms with Crippen LogP contribution in [0.4, 0.5) is 15.5 Å². The number of nitrogens with one attached hydrogen (secondary N) is 1. The highest BCUT2D eigenvalue weighted by Crippen LogP contribution is 2.43. The second-order valence-corrected chi connectivity index (χ2v) is 18.9. The van der Waals surface area contributed by atoms with E-state index >= 15 is 0 Å². The lowest BCUT2D eigenvalue weighted by Crippen LogP contribution is -2.57. The molecular weight excluding hydrogens is 836 g/mol. The van der Waals surface area contributed by atoms with Crippen LogP contribution in [-0.2, 0) is 20.7 Å². The molecule has 2 aromatic heterocycles. The van der Waals surface area contributed by atoms with Crippen molar-refractivity contribution in [1.82, 2.24) is 35.1 Å². The molecule has 0 radical (unpaired) electrons. The topological polar surface area (TPSA) is 176 Å². The van der Waals surface area contributed by atoms with Crippen LogP contribution in [0.2, 0.25) is 5.28 Å². The summed E-state index contributed by atoms with van der Waals surface area (Å²) in [6, 6.07) is 19.8. The predicted molar refractivity (Wildman–Crippen MR) is 245 cm³/mol. The maximum atomic E-state index is 13.3. The van der Waals surface area contributed by atoms with E-state index in [1.54, 1.807) is 59.6 Å². The number of cyclic esters (lactones) is 2. The number of ether oxygens (including phenoxy) is 3. The summed E-state index contributed by atoms with van der Waals surface area (Å²) in [6.45, 7) is 13.6. The van der Waals surface area contributed by atoms with Crippen LogP contribution in [0.5, 0.6) is 5.75 Å². The molecule has 4 fully saturated rings. The van der Waals surface area contributed by atoms with Gasteiger partial charge >= 0.3 is 12.2 Å². The van der Waals surface area contributed by atoms with E-state index in [2.05, 4.69) is 30.2 Å². The van der Waals surface area contributed by atoms with Gasteiger partial charge < -0.3 is 44.4 Å². The molecule has 3 N–H and O–H groups in total. The molecule has 2 amide bonds. The third-order valence-electron chi connectivity index (χ3n) is 12.0. The molecule has 0 spiro atoms. The second-order valence-electron chi connectivity index (χ2n) is 18.5. The Labute approximate surface area is 382 Å². The Morgan fingerprint density at radius 1 is 0.750 bits per heavy atom. The molecule has 0 aliphatic carbocycles. The number of piperidine rings is 2. The zero-order valence-electron chi connectivity index (χ0n) is 38.1. The van der Waals surface area contributed by atoms with Crippen LogP contribution in [-0.4, -0.2) is 122 Å². The van der Waals surface area contributed by atoms with Crippen LogP contribution < -0.4 is 15.0 Å². The molecule has 4 saturated heterocycles. The van der Waals surface area contributed by atoms with Gasteiger partial charge in [0.1, 0.15) is 11.2 Å². The number of nitrogens with zero attached hydrogens (tertiary/aromatic N) is 7. The fraction of sp³-hybridized carbons (Fsp3) is 0.542. The smallest absolute Gasteiger partial charge is 0.410 e. The number of halogens is 1. The summed E-state index contributed by atoms with van der Waals surface area (Å²) in [5, 5.41) is 24.6. The van der Waals surface area contributed by atoms with Crippen molar-refractivity contribution >= 4 is 29.7 Å². The van der Waals surface area contributed by atoms with E-state index in [9.17, 15) is 19.8 Å². The molecule has 4 aliphatic heterocycles. The fourth-order valence-electron chi connectivity index (χ4n) is 9.19. The highest BCUT2D eigenvalue weighted by Gasteiger charge is 2.48. The van der Waals surface area contributed by atoms with Gasteiger partial charge in [0.15, 0.2) is 5.75 Å². The highest BCUT2D eigenvalue weighted by molar-refractivity contribution is 6.28. The Hall–Kier alpha value is -5.09. The van der Waals surface area contributed by atoms with Crippen molar-refractivity contribution in [2.75, 3.05) is 51.3 Å². The van der Waals surface area contributed by atoms with Gasteiger partial charge in [-0.3, -0.25) is 0 Å². The zero-order chi connectivity index (χ0) is 46.0. The van der Waals surface area contributed by atoms with Gasteiger partial charge in [-0.05, 0) is 95.1 Å². The van der Waals surface area contributed by atoms with E-state index in [0.29, 0.717) is 62.3 Å². The van der Waals surface area contributed by atoms with Crippen LogP contribution in [0.15, 0.2) is 85.5 Å². The van der Waals surface area contributed by atoms with E-state index in [0.717, 1.165) is 62.0 Å². The van der Waals surface area contributed by atoms with E-state index in [1.165, 1.54) is 0 Å². The number of aliphatic hydroxyl groups is 2. The molecule has 4 aromatic rings. The number of carbonyl (C=O) groups excluding carboxylic acids is 2. The third kappa shape index (κ3) is 13.0. The van der Waals surface area contributed by atoms with E-state index in [-0.39, 0.29) is 24.3 Å². The van der Waals surface area contributed by atoms with E-state index in [1.807, 2.05) is 77.4 Å². The predicted octanol–water partition coefficient (Wildman–Crippen LogP) is 7.43. The van der Waals surface area contributed by atoms with Crippen LogP contribution >= 0.6 is 11.6 Å². The van der Waals surface area contributed by atoms with Crippen LogP contribution in [0, 0.1) is 6.92 Å². The molecule has 4 atom stereocenters. The molecule has 2 aromatic carbocycles. The quantitative estimate of drug-likeness (QED) is 0.134. The van der Waals surface area contributed by atoms with Crippen LogP contribution in [0.3, 0.4) is 0 Å². The van der Waals surface area contributed by atoms with Crippen molar-refractivity contribution in [1.29, 1.82) is 0 Å². The summed E-state index contributed by atoms with van der Waals surface area (Å²) in [7, 11) is 1.59. The molecule has 0 saturated carbocycles. The van der Waals surface area contributed by atoms with Crippen molar-refractivity contribution in [3.63, 3.8) is 0 Å². The summed E-state index contributed by atoms with van der Waals surface area (Å²) in [5.41, 5.74) is -0.560. The van der Waals surface area contributed by atoms with Crippen molar-refractivity contribution < 1.29 is 34.0 Å². The molecule has 8 rings (SSSR count). The van der Waals surface area contributed by atoms with Gasteiger partial charge in [-0.2, -0.15) is 0 Å². The summed E-state index contributed by atoms with van der Waals surface area (Å²) >= 11 is 5.39. The maximum Gasteiger partial charge on any atom is 0.410 e. The Bertz CT molecular complexity index is 2060. The molecule has 16 heteroatoms. The van der Waals surface area contributed by atoms with Gasteiger partial charge in [-0.15, -0.1) is 0 Å². The van der Waals surface area contributed by atoms with Crippen molar-refractivity contribution in [3.05, 3.63) is 107 Å². The number of anilines is 1. The minimum Gasteiger partial charge on any atom is -0.494 e. The SMILES string of the molecule is CC(C)(O)C[C@]1(c2ccccc2)CCN([C@H]2CCCNC2)C(=O)O1.COc1cnc(N2CCC[C@H](N3CC[C@](CC(C)(C)O)(c4ccccc4)OC3=O)C2)nc1.Cc1cnc(Cl)nc1. The fourth-order valence-corrected chi connectivity index (χ4v) is 9.29. The van der Waals surface area contributed by atoms with Crippen LogP contribution in [0.25, 0.3) is 0 Å². The van der Waals surface area contributed by atoms with Gasteiger partial charge in [-0.1, -0.05) is 60.7 Å². The first-order chi connectivity index (χ1) is 30.5. The van der Waals surface area contributed by atoms with Crippen LogP contribution in [0.1, 0.15) is 95.8 Å². The minimum absolute atomic E-state index is 0.0258. The average Bonchev–Trinajstić information content (AvgIpc) is 3.28. The van der Waals surface area contributed by atoms with Gasteiger partial charge in [0.25, 0.3) is 0 Å². The zero-order valence-corrected chi connectivity index (χ0v) is 38.8. The molecule has 0 bridgehead atoms. The lowest BCUT2D eigenvalue weighted by molar-refractivity contribution is -0.103. The number of aromatic nitrogens is 4. The largest absolute Gasteiger partial charge is 0.494 e. The second kappa shape index (κ2) is 21.3. The number of rotatable bonds is 10. The van der Waals surface area contributed by atoms with E-state index in [4.69, 9.17) is 25.8 Å². The molecule has 346 valence electrons. The summed E-state index contributed by atoms with van der Waals surface area (Å²) in [6.07, 6.45) is 12.1. The number of amides is 2. The Balaban J connectivity index is 0.000000186. The highest BCUT2D eigenvalue weighted by atomic mass is 35.5. The number of aryl methyl sites for hydroxylation is 1. The van der Waals surface area contributed by atoms with Gasteiger partial charge in [0, 0.05) is 76.8 Å². The van der Waals surface area contributed by atoms with Crippen molar-refractivity contribution in [2.45, 2.75) is 120 Å². The lowest BCUT2D eigenvalue weighted by Gasteiger charge is -2.47. The molecule has 64 heavy (non-hydrogen) atoms. The molecule has 6 heterocycles. The van der Waals surface area contributed by atoms with Gasteiger partial charge in [0.2, 0.25) is 11.2 Å². The standard InChI is InChI=1S/C24H32N4O4.C19H28N2O3.C5H5ClN2/c1-23(2,30)17-24(18-8-5-4-6-9-18)11-13-28(22(29)32-24)19-10-7-12-27(16-19)21-25-14-20(31-3)15-26-21;1-18(2,23)14-19(15-7-4-3-5-8-15)10-12-21(17(22)24-19)16-9-6-11-20-13-16;1-4-2-7-5(6)8-3-4/h4-6,8-9,14-15,19,30H,7,10-13,16-17H2,1-3H3;3-5,7-8,16,20,23H,6,9-14H2,1-2H3;2-3H,1H3/t19-,24-;16-,19-;/m00./s1. The number of carbonyl (C=O) groups is 2. The number of hydrogen-bond acceptors (Lipinski definition) is 13. The minimum atomic E-state index is -0.967. The Morgan fingerprint density at radius 2 is 1.25 bits per heavy atom. The van der Waals surface area contributed by atoms with Crippen molar-refractivity contribution in [3.8, 4) is 5.75 Å². The van der Waals surface area contributed by atoms with Crippen molar-refractivity contribution in [2.24, 2.45) is 0 Å².